The molecule has 0 unspecified atom stereocenters. The maximum absolute atomic E-state index is 11.9. The van der Waals surface area contributed by atoms with Crippen molar-refractivity contribution in [1.82, 2.24) is 9.97 Å². The van der Waals surface area contributed by atoms with Gasteiger partial charge in [-0.3, -0.25) is 9.59 Å². The molecule has 4 rings (SSSR count). The molecule has 4 aromatic rings. The van der Waals surface area contributed by atoms with Crippen LogP contribution in [0.25, 0.3) is 0 Å². The Hall–Kier alpha value is -1.91. The number of carbonyl (C=O) groups excluding carboxylic acids is 2. The molecule has 0 amide bonds. The van der Waals surface area contributed by atoms with Gasteiger partial charge in [-0.1, -0.05) is 56.1 Å². The Balaban J connectivity index is 0.000000193. The highest BCUT2D eigenvalue weighted by atomic mass is 79.9. The number of aromatic nitrogens is 2. The number of nitrogens with zero attached hydrogens (tertiary/aromatic N) is 2. The number of hydrogen-bond donors (Lipinski definition) is 1. The number of halogens is 3. The molecule has 5 nitrogen and oxygen atoms in total. The number of nitrogen functional groups attached to an aromatic ring is 1. The van der Waals surface area contributed by atoms with Crippen molar-refractivity contribution in [3.63, 3.8) is 0 Å². The van der Waals surface area contributed by atoms with Crippen LogP contribution >= 0.6 is 66.1 Å². The molecule has 0 atom stereocenters. The van der Waals surface area contributed by atoms with Crippen LogP contribution in [0.15, 0.2) is 68.2 Å². The predicted molar refractivity (Wildman–Crippen MR) is 145 cm³/mol. The van der Waals surface area contributed by atoms with Gasteiger partial charge in [0, 0.05) is 36.5 Å². The number of thiazole rings is 2. The first-order chi connectivity index (χ1) is 15.6. The van der Waals surface area contributed by atoms with Crippen molar-refractivity contribution in [3.05, 3.63) is 95.8 Å². The SMILES string of the molecule is Cc1csc(CC(=O)c2cccc(Br)c2)n1.Cc1csc(N)n1.O=C(Cl)c1cccc(Br)c1. The second-order valence-electron chi connectivity index (χ2n) is 6.60. The molecule has 0 fully saturated rings. The first-order valence-electron chi connectivity index (χ1n) is 9.47. The minimum atomic E-state index is -0.429. The van der Waals surface area contributed by atoms with E-state index < -0.39 is 5.24 Å². The van der Waals surface area contributed by atoms with Crippen LogP contribution in [0.5, 0.6) is 0 Å². The molecule has 0 spiro atoms. The number of hydrogen-bond acceptors (Lipinski definition) is 7. The van der Waals surface area contributed by atoms with E-state index in [1.54, 1.807) is 18.2 Å². The van der Waals surface area contributed by atoms with Crippen molar-refractivity contribution in [3.8, 4) is 0 Å². The lowest BCUT2D eigenvalue weighted by Gasteiger charge is -1.99. The zero-order valence-corrected chi connectivity index (χ0v) is 23.3. The molecule has 33 heavy (non-hydrogen) atoms. The van der Waals surface area contributed by atoms with Crippen molar-refractivity contribution in [2.75, 3.05) is 5.73 Å². The summed E-state index contributed by atoms with van der Waals surface area (Å²) in [5.74, 6) is 0.107. The summed E-state index contributed by atoms with van der Waals surface area (Å²) in [4.78, 5) is 30.7. The molecular formula is C23H20Br2ClN3O2S2. The minimum Gasteiger partial charge on any atom is -0.375 e. The van der Waals surface area contributed by atoms with Crippen LogP contribution in [0.3, 0.4) is 0 Å². The Bertz CT molecular complexity index is 1210. The van der Waals surface area contributed by atoms with E-state index >= 15 is 0 Å². The molecule has 2 aromatic carbocycles. The third-order valence-corrected chi connectivity index (χ3v) is 6.78. The van der Waals surface area contributed by atoms with Gasteiger partial charge in [0.15, 0.2) is 10.9 Å². The molecule has 0 bridgehead atoms. The highest BCUT2D eigenvalue weighted by molar-refractivity contribution is 9.10. The molecule has 0 radical (unpaired) electrons. The number of aryl methyl sites for hydroxylation is 2. The fourth-order valence-electron chi connectivity index (χ4n) is 2.37. The second kappa shape index (κ2) is 13.7. The number of carbonyl (C=O) groups is 2. The van der Waals surface area contributed by atoms with Crippen LogP contribution in [-0.2, 0) is 6.42 Å². The van der Waals surface area contributed by atoms with E-state index in [2.05, 4.69) is 41.8 Å². The zero-order chi connectivity index (χ0) is 24.4. The van der Waals surface area contributed by atoms with Gasteiger partial charge < -0.3 is 5.73 Å². The Morgan fingerprint density at radius 3 is 1.85 bits per heavy atom. The largest absolute Gasteiger partial charge is 0.375 e. The van der Waals surface area contributed by atoms with Gasteiger partial charge in [0.05, 0.1) is 12.1 Å². The van der Waals surface area contributed by atoms with E-state index in [4.69, 9.17) is 17.3 Å². The minimum absolute atomic E-state index is 0.107. The number of rotatable bonds is 4. The van der Waals surface area contributed by atoms with Crippen molar-refractivity contribution in [2.24, 2.45) is 0 Å². The van der Waals surface area contributed by atoms with Crippen molar-refractivity contribution < 1.29 is 9.59 Å². The zero-order valence-electron chi connectivity index (χ0n) is 17.7. The molecule has 0 saturated carbocycles. The van der Waals surface area contributed by atoms with Crippen LogP contribution in [-0.4, -0.2) is 21.0 Å². The van der Waals surface area contributed by atoms with E-state index in [1.807, 2.05) is 54.9 Å². The van der Waals surface area contributed by atoms with Crippen LogP contribution < -0.4 is 5.73 Å². The van der Waals surface area contributed by atoms with Gasteiger partial charge in [0.25, 0.3) is 5.24 Å². The van der Waals surface area contributed by atoms with Crippen molar-refractivity contribution >= 4 is 82.3 Å². The molecule has 2 N–H and O–H groups in total. The maximum atomic E-state index is 11.9. The molecular weight excluding hydrogens is 610 g/mol. The van der Waals surface area contributed by atoms with Gasteiger partial charge in [-0.15, -0.1) is 22.7 Å². The molecule has 0 aliphatic rings. The lowest BCUT2D eigenvalue weighted by atomic mass is 10.1. The Morgan fingerprint density at radius 2 is 1.45 bits per heavy atom. The molecule has 2 aromatic heterocycles. The number of ketones is 1. The summed E-state index contributed by atoms with van der Waals surface area (Å²) in [6, 6.07) is 14.4. The molecule has 0 aliphatic carbocycles. The van der Waals surface area contributed by atoms with E-state index in [0.717, 1.165) is 30.9 Å². The quantitative estimate of drug-likeness (QED) is 0.187. The maximum Gasteiger partial charge on any atom is 0.252 e. The summed E-state index contributed by atoms with van der Waals surface area (Å²) >= 11 is 14.8. The molecule has 2 heterocycles. The number of nitrogens with two attached hydrogens (primary N) is 1. The summed E-state index contributed by atoms with van der Waals surface area (Å²) in [6.45, 7) is 3.86. The van der Waals surface area contributed by atoms with E-state index in [1.165, 1.54) is 22.7 Å². The molecule has 0 aliphatic heterocycles. The van der Waals surface area contributed by atoms with Gasteiger partial charge >= 0.3 is 0 Å². The van der Waals surface area contributed by atoms with Gasteiger partial charge in [0.1, 0.15) is 5.01 Å². The summed E-state index contributed by atoms with van der Waals surface area (Å²) in [7, 11) is 0. The monoisotopic (exact) mass is 627 g/mol. The van der Waals surface area contributed by atoms with E-state index in [9.17, 15) is 9.59 Å². The number of benzene rings is 2. The first kappa shape index (κ1) is 27.3. The van der Waals surface area contributed by atoms with Crippen LogP contribution in [0.1, 0.15) is 37.1 Å². The van der Waals surface area contributed by atoms with E-state index in [-0.39, 0.29) is 5.78 Å². The van der Waals surface area contributed by atoms with Crippen LogP contribution in [0.4, 0.5) is 5.13 Å². The van der Waals surface area contributed by atoms with E-state index in [0.29, 0.717) is 17.1 Å². The van der Waals surface area contributed by atoms with Gasteiger partial charge in [-0.2, -0.15) is 0 Å². The molecule has 0 saturated heterocycles. The standard InChI is InChI=1S/C12H10BrNOS.C7H4BrClO.C4H6N2S/c1-8-7-16-12(14-8)6-11(15)9-3-2-4-10(13)5-9;8-6-3-1-2-5(4-6)7(9)10;1-3-2-7-4(5)6-3/h2-5,7H,6H2,1H3;1-4H;2H,1H3,(H2,5,6). The molecule has 172 valence electrons. The van der Waals surface area contributed by atoms with Crippen LogP contribution in [0, 0.1) is 13.8 Å². The summed E-state index contributed by atoms with van der Waals surface area (Å²) < 4.78 is 1.78. The Labute approximate surface area is 222 Å². The van der Waals surface area contributed by atoms with Crippen molar-refractivity contribution in [1.29, 1.82) is 0 Å². The van der Waals surface area contributed by atoms with Gasteiger partial charge in [-0.05, 0) is 49.7 Å². The summed E-state index contributed by atoms with van der Waals surface area (Å²) in [6.07, 6.45) is 0.384. The summed E-state index contributed by atoms with van der Waals surface area (Å²) in [5, 5.41) is 4.99. The van der Waals surface area contributed by atoms with Crippen molar-refractivity contribution in [2.45, 2.75) is 20.3 Å². The average Bonchev–Trinajstić information content (AvgIpc) is 3.35. The summed E-state index contributed by atoms with van der Waals surface area (Å²) in [5.41, 5.74) is 8.50. The lowest BCUT2D eigenvalue weighted by molar-refractivity contribution is 0.0992. The normalized spacial score (nSPS) is 9.85. The smallest absolute Gasteiger partial charge is 0.252 e. The second-order valence-corrected chi connectivity index (χ2v) is 10.6. The lowest BCUT2D eigenvalue weighted by Crippen LogP contribution is -2.03. The number of anilines is 1. The molecule has 10 heteroatoms. The highest BCUT2D eigenvalue weighted by Crippen LogP contribution is 2.16. The number of Topliss-reactive ketones (excluding diaryl/α,β-unsaturated/α-hetero) is 1. The Kier molecular flexibility index (Phi) is 11.4. The third kappa shape index (κ3) is 10.3. The first-order valence-corrected chi connectivity index (χ1v) is 13.2. The fourth-order valence-corrected chi connectivity index (χ4v) is 4.60. The van der Waals surface area contributed by atoms with Gasteiger partial charge in [0.2, 0.25) is 0 Å². The predicted octanol–water partition coefficient (Wildman–Crippen LogP) is 7.50. The van der Waals surface area contributed by atoms with Crippen LogP contribution in [0.2, 0.25) is 0 Å². The topological polar surface area (TPSA) is 85.9 Å². The third-order valence-electron chi connectivity index (χ3n) is 3.81. The fraction of sp³-hybridized carbons (Fsp3) is 0.130. The Morgan fingerprint density at radius 1 is 0.909 bits per heavy atom. The average molecular weight is 630 g/mol. The highest BCUT2D eigenvalue weighted by Gasteiger charge is 2.09. The van der Waals surface area contributed by atoms with Gasteiger partial charge in [-0.25, -0.2) is 9.97 Å².